The number of rotatable bonds is 12. The molecule has 0 aliphatic carbocycles. The van der Waals surface area contributed by atoms with E-state index in [1.807, 2.05) is 76.2 Å². The molecule has 4 aromatic carbocycles. The van der Waals surface area contributed by atoms with Gasteiger partial charge in [-0.1, -0.05) is 83.3 Å². The fourth-order valence-corrected chi connectivity index (χ4v) is 11.1. The van der Waals surface area contributed by atoms with Gasteiger partial charge in [0.2, 0.25) is 5.13 Å². The zero-order chi connectivity index (χ0) is 45.6. The molecule has 1 N–H and O–H groups in total. The highest BCUT2D eigenvalue weighted by molar-refractivity contribution is 7.80. The molecule has 16 heteroatoms. The lowest BCUT2D eigenvalue weighted by Crippen LogP contribution is -2.17. The Morgan fingerprint density at radius 2 is 1.38 bits per heavy atom. The van der Waals surface area contributed by atoms with Crippen LogP contribution < -0.4 is 10.2 Å². The zero-order valence-electron chi connectivity index (χ0n) is 36.8. The molecule has 0 aliphatic heterocycles. The molecule has 0 radical (unpaired) electrons. The molecule has 0 aliphatic rings. The highest BCUT2D eigenvalue weighted by Gasteiger charge is 2.30. The molecule has 8 rings (SSSR count). The summed E-state index contributed by atoms with van der Waals surface area (Å²) in [6, 6.07) is 24.6. The molecule has 0 unspecified atom stereocenters. The van der Waals surface area contributed by atoms with Crippen LogP contribution in [0, 0.1) is 18.3 Å². The van der Waals surface area contributed by atoms with Gasteiger partial charge in [0.1, 0.15) is 23.1 Å². The van der Waals surface area contributed by atoms with Gasteiger partial charge in [-0.25, -0.2) is 15.0 Å². The summed E-state index contributed by atoms with van der Waals surface area (Å²) >= 11 is 22.1. The van der Waals surface area contributed by atoms with Crippen LogP contribution >= 0.6 is 73.2 Å². The average Bonchev–Trinajstić information content (AvgIpc) is 3.98. The maximum atomic E-state index is 10.7. The second-order valence-electron chi connectivity index (χ2n) is 16.4. The number of aryl methyl sites for hydroxylation is 3. The van der Waals surface area contributed by atoms with Crippen LogP contribution in [0.4, 0.5) is 39.6 Å². The van der Waals surface area contributed by atoms with E-state index in [2.05, 4.69) is 87.4 Å². The highest BCUT2D eigenvalue weighted by Crippen LogP contribution is 2.47. The first-order valence-electron chi connectivity index (χ1n) is 21.1. The number of anilines is 5. The smallest absolute Gasteiger partial charge is 0.213 e. The van der Waals surface area contributed by atoms with Crippen molar-refractivity contribution in [3.63, 3.8) is 0 Å². The third-order valence-corrected chi connectivity index (χ3v) is 14.5. The SMILES string of the molecule is CCc1ccc(S)c(CC)c1Nc1nc(N(c2nc3ccc(S)cc3s2)c2c(CC)ccc(S)c2CC)cc(C)c1/N=N/c1c(C#N)c(C(C)(C)C)nn1-c1nc2ccc(S)cc2s1. The largest absolute Gasteiger partial charge is 0.338 e. The Bertz CT molecular complexity index is 3170. The molecule has 0 amide bonds. The number of nitrogens with one attached hydrogen (secondary N) is 1. The lowest BCUT2D eigenvalue weighted by atomic mass is 9.90. The van der Waals surface area contributed by atoms with Crippen molar-refractivity contribution in [3.05, 3.63) is 106 Å². The number of hydrogen-bond donors (Lipinski definition) is 5. The number of thiazole rings is 2. The predicted molar refractivity (Wildman–Crippen MR) is 277 cm³/mol. The third-order valence-electron chi connectivity index (χ3n) is 11.1. The van der Waals surface area contributed by atoms with E-state index in [0.29, 0.717) is 33.7 Å². The summed E-state index contributed by atoms with van der Waals surface area (Å²) in [5.74, 6) is 1.39. The van der Waals surface area contributed by atoms with Gasteiger partial charge >= 0.3 is 0 Å². The molecule has 0 saturated heterocycles. The van der Waals surface area contributed by atoms with Crippen molar-refractivity contribution in [2.24, 2.45) is 10.2 Å². The van der Waals surface area contributed by atoms with E-state index >= 15 is 0 Å². The second kappa shape index (κ2) is 18.5. The summed E-state index contributed by atoms with van der Waals surface area (Å²) in [4.78, 5) is 21.3. The Hall–Kier alpha value is -4.89. The van der Waals surface area contributed by atoms with Gasteiger partial charge in [0.05, 0.1) is 31.8 Å². The van der Waals surface area contributed by atoms with Gasteiger partial charge in [-0.15, -0.1) is 60.7 Å². The summed E-state index contributed by atoms with van der Waals surface area (Å²) in [6.45, 7) is 16.7. The number of pyridine rings is 1. The van der Waals surface area contributed by atoms with E-state index in [-0.39, 0.29) is 5.82 Å². The van der Waals surface area contributed by atoms with E-state index in [9.17, 15) is 5.26 Å². The van der Waals surface area contributed by atoms with Crippen LogP contribution in [-0.4, -0.2) is 24.7 Å². The van der Waals surface area contributed by atoms with Crippen molar-refractivity contribution in [1.82, 2.24) is 24.7 Å². The van der Waals surface area contributed by atoms with Crippen molar-refractivity contribution < 1.29 is 0 Å². The Morgan fingerprint density at radius 1 is 0.750 bits per heavy atom. The number of nitrogens with zero attached hydrogens (tertiary/aromatic N) is 9. The molecule has 64 heavy (non-hydrogen) atoms. The van der Waals surface area contributed by atoms with Gasteiger partial charge in [-0.05, 0) is 115 Å². The number of benzene rings is 4. The van der Waals surface area contributed by atoms with Gasteiger partial charge in [-0.3, -0.25) is 4.90 Å². The summed E-state index contributed by atoms with van der Waals surface area (Å²) in [5.41, 5.74) is 9.69. The molecule has 0 atom stereocenters. The summed E-state index contributed by atoms with van der Waals surface area (Å²) < 4.78 is 3.59. The Morgan fingerprint density at radius 3 is 2.00 bits per heavy atom. The number of azo groups is 1. The zero-order valence-corrected chi connectivity index (χ0v) is 42.0. The number of thiol groups is 4. The fraction of sp³-hybridized carbons (Fsp3) is 0.271. The van der Waals surface area contributed by atoms with Crippen molar-refractivity contribution >= 4 is 133 Å². The van der Waals surface area contributed by atoms with Crippen molar-refractivity contribution in [1.29, 1.82) is 5.26 Å². The summed E-state index contributed by atoms with van der Waals surface area (Å²) in [7, 11) is 0. The first kappa shape index (κ1) is 45.7. The number of nitriles is 1. The van der Waals surface area contributed by atoms with Crippen LogP contribution in [0.25, 0.3) is 25.6 Å². The summed E-state index contributed by atoms with van der Waals surface area (Å²) in [5, 5.41) is 30.8. The van der Waals surface area contributed by atoms with E-state index in [4.69, 9.17) is 55.5 Å². The maximum absolute atomic E-state index is 10.7. The van der Waals surface area contributed by atoms with Crippen molar-refractivity contribution in [2.75, 3.05) is 10.2 Å². The molecule has 0 spiro atoms. The van der Waals surface area contributed by atoms with Crippen LogP contribution in [0.3, 0.4) is 0 Å². The van der Waals surface area contributed by atoms with Gasteiger partial charge in [0.15, 0.2) is 16.8 Å². The van der Waals surface area contributed by atoms with Gasteiger partial charge in [-0.2, -0.15) is 15.0 Å². The Labute approximate surface area is 404 Å². The normalized spacial score (nSPS) is 11.9. The molecule has 0 fully saturated rings. The minimum Gasteiger partial charge on any atom is -0.338 e. The van der Waals surface area contributed by atoms with Crippen molar-refractivity contribution in [2.45, 2.75) is 106 Å². The first-order valence-corrected chi connectivity index (χ1v) is 24.5. The van der Waals surface area contributed by atoms with Crippen LogP contribution in [0.5, 0.6) is 0 Å². The highest BCUT2D eigenvalue weighted by atomic mass is 32.1. The molecule has 8 aromatic rings. The molecule has 4 aromatic heterocycles. The van der Waals surface area contributed by atoms with Crippen LogP contribution in [0.15, 0.2) is 96.5 Å². The molecule has 0 bridgehead atoms. The topological polar surface area (TPSA) is 120 Å². The standard InChI is InChI=1S/C48H48N10S6/c1-9-26-13-19-35(61)30(11-3)41(26)53-44-40(54-55-45-32(24-49)43(48(6,7)8)56-58(45)47-51-34-18-16-29(60)23-38(34)64-47)25(5)21-39(52-44)57(42-27(10-2)14-20-36(62)31(42)12-4)46-50-33-17-15-28(59)22-37(33)63-46/h13-23,59-62H,9-12H2,1-8H3,(H,52,53)/b55-54+. The predicted octanol–water partition coefficient (Wildman–Crippen LogP) is 15.0. The van der Waals surface area contributed by atoms with Crippen LogP contribution in [0.2, 0.25) is 0 Å². The van der Waals surface area contributed by atoms with Gasteiger partial charge in [0.25, 0.3) is 0 Å². The maximum Gasteiger partial charge on any atom is 0.213 e. The van der Waals surface area contributed by atoms with E-state index in [1.165, 1.54) is 11.3 Å². The monoisotopic (exact) mass is 956 g/mol. The molecular weight excluding hydrogens is 909 g/mol. The first-order chi connectivity index (χ1) is 30.7. The van der Waals surface area contributed by atoms with E-state index in [0.717, 1.165) is 110 Å². The number of fused-ring (bicyclic) bond motifs is 2. The minimum absolute atomic E-state index is 0.276. The average molecular weight is 957 g/mol. The molecule has 326 valence electrons. The van der Waals surface area contributed by atoms with Crippen molar-refractivity contribution in [3.8, 4) is 11.2 Å². The Kier molecular flexibility index (Phi) is 13.2. The number of hydrogen-bond acceptors (Lipinski definition) is 15. The number of aromatic nitrogens is 5. The molecule has 10 nitrogen and oxygen atoms in total. The Balaban J connectivity index is 1.40. The van der Waals surface area contributed by atoms with Crippen LogP contribution in [0.1, 0.15) is 87.5 Å². The fourth-order valence-electron chi connectivity index (χ4n) is 7.83. The molecular formula is C48H48N10S6. The van der Waals surface area contributed by atoms with Gasteiger partial charge < -0.3 is 5.32 Å². The molecule has 4 heterocycles. The summed E-state index contributed by atoms with van der Waals surface area (Å²) in [6.07, 6.45) is 3.03. The minimum atomic E-state index is -0.482. The van der Waals surface area contributed by atoms with Gasteiger partial charge in [0, 0.05) is 30.7 Å². The lowest BCUT2D eigenvalue weighted by molar-refractivity contribution is 0.559. The van der Waals surface area contributed by atoms with E-state index < -0.39 is 5.41 Å². The second-order valence-corrected chi connectivity index (χ2v) is 20.4. The third kappa shape index (κ3) is 8.66. The molecule has 0 saturated carbocycles. The van der Waals surface area contributed by atoms with Crippen LogP contribution in [-0.2, 0) is 31.1 Å². The quantitative estimate of drug-likeness (QED) is 0.0611. The van der Waals surface area contributed by atoms with E-state index in [1.54, 1.807) is 16.0 Å². The lowest BCUT2D eigenvalue weighted by Gasteiger charge is -2.28.